The molecule has 0 atom stereocenters. The van der Waals surface area contributed by atoms with Crippen LogP contribution < -0.4 is 10.5 Å². The molecule has 0 saturated carbocycles. The van der Waals surface area contributed by atoms with Gasteiger partial charge in [-0.25, -0.2) is 0 Å². The van der Waals surface area contributed by atoms with Crippen LogP contribution in [0.3, 0.4) is 0 Å². The molecule has 0 aromatic heterocycles. The molecule has 1 aliphatic heterocycles. The van der Waals surface area contributed by atoms with E-state index in [4.69, 9.17) is 15.2 Å². The number of hydrogen-bond donors (Lipinski definition) is 1. The fraction of sp³-hybridized carbons (Fsp3) is 0.562. The topological polar surface area (TPSA) is 64.8 Å². The molecule has 0 spiro atoms. The number of ether oxygens (including phenoxy) is 2. The number of likely N-dealkylation sites (N-methyl/N-ethyl adjacent to an activating group) is 1. The fourth-order valence-corrected chi connectivity index (χ4v) is 2.44. The lowest BCUT2D eigenvalue weighted by atomic mass is 9.90. The lowest BCUT2D eigenvalue weighted by Gasteiger charge is -2.35. The van der Waals surface area contributed by atoms with Gasteiger partial charge < -0.3 is 20.1 Å². The summed E-state index contributed by atoms with van der Waals surface area (Å²) >= 11 is 0. The lowest BCUT2D eigenvalue weighted by Crippen LogP contribution is -2.57. The zero-order valence-corrected chi connectivity index (χ0v) is 12.6. The Morgan fingerprint density at radius 2 is 2.00 bits per heavy atom. The normalized spacial score (nSPS) is 17.2. The van der Waals surface area contributed by atoms with Gasteiger partial charge in [0.15, 0.2) is 0 Å². The number of amides is 1. The van der Waals surface area contributed by atoms with Gasteiger partial charge in [0.05, 0.1) is 12.1 Å². The van der Waals surface area contributed by atoms with E-state index in [0.717, 1.165) is 12.2 Å². The summed E-state index contributed by atoms with van der Waals surface area (Å²) in [6, 6.07) is 9.67. The summed E-state index contributed by atoms with van der Waals surface area (Å²) in [5.74, 6) is 0.858. The fourth-order valence-electron chi connectivity index (χ4n) is 2.44. The van der Waals surface area contributed by atoms with Gasteiger partial charge in [0.1, 0.15) is 5.75 Å². The van der Waals surface area contributed by atoms with E-state index >= 15 is 0 Å². The number of carbonyl (C=O) groups is 1. The molecule has 0 radical (unpaired) electrons. The predicted molar refractivity (Wildman–Crippen MR) is 81.2 cm³/mol. The third-order valence-electron chi connectivity index (χ3n) is 3.81. The van der Waals surface area contributed by atoms with Crippen molar-refractivity contribution in [3.63, 3.8) is 0 Å². The molecular weight excluding hydrogens is 268 g/mol. The van der Waals surface area contributed by atoms with Crippen LogP contribution in [0.2, 0.25) is 0 Å². The smallest absolute Gasteiger partial charge is 0.242 e. The summed E-state index contributed by atoms with van der Waals surface area (Å²) in [5, 5.41) is 0. The SMILES string of the molecule is CN(CCCOc1ccccc1)C(=O)C1(N)CCOCC1. The van der Waals surface area contributed by atoms with Crippen LogP contribution in [0.5, 0.6) is 5.75 Å². The Hall–Kier alpha value is -1.59. The molecular formula is C16H24N2O3. The number of para-hydroxylation sites is 1. The van der Waals surface area contributed by atoms with Crippen LogP contribution in [0.25, 0.3) is 0 Å². The predicted octanol–water partition coefficient (Wildman–Crippen LogP) is 1.42. The van der Waals surface area contributed by atoms with Gasteiger partial charge >= 0.3 is 0 Å². The maximum Gasteiger partial charge on any atom is 0.242 e. The zero-order chi connectivity index (χ0) is 15.1. The summed E-state index contributed by atoms with van der Waals surface area (Å²) in [4.78, 5) is 14.1. The third-order valence-corrected chi connectivity index (χ3v) is 3.81. The van der Waals surface area contributed by atoms with Gasteiger partial charge in [-0.05, 0) is 31.4 Å². The van der Waals surface area contributed by atoms with Gasteiger partial charge in [0.25, 0.3) is 0 Å². The number of benzene rings is 1. The molecule has 0 bridgehead atoms. The minimum atomic E-state index is -0.757. The van der Waals surface area contributed by atoms with Crippen LogP contribution in [-0.2, 0) is 9.53 Å². The Kier molecular flexibility index (Phi) is 5.59. The molecule has 2 N–H and O–H groups in total. The van der Waals surface area contributed by atoms with Crippen molar-refractivity contribution < 1.29 is 14.3 Å². The summed E-state index contributed by atoms with van der Waals surface area (Å²) < 4.78 is 10.9. The van der Waals surface area contributed by atoms with Crippen molar-refractivity contribution in [2.75, 3.05) is 33.4 Å². The Morgan fingerprint density at radius 1 is 1.33 bits per heavy atom. The van der Waals surface area contributed by atoms with Crippen molar-refractivity contribution in [3.05, 3.63) is 30.3 Å². The molecule has 21 heavy (non-hydrogen) atoms. The zero-order valence-electron chi connectivity index (χ0n) is 12.6. The minimum Gasteiger partial charge on any atom is -0.494 e. The Morgan fingerprint density at radius 3 is 2.67 bits per heavy atom. The van der Waals surface area contributed by atoms with Gasteiger partial charge in [-0.1, -0.05) is 18.2 Å². The molecule has 5 nitrogen and oxygen atoms in total. The quantitative estimate of drug-likeness (QED) is 0.805. The number of carbonyl (C=O) groups excluding carboxylic acids is 1. The minimum absolute atomic E-state index is 0.00510. The highest BCUT2D eigenvalue weighted by atomic mass is 16.5. The molecule has 0 aliphatic carbocycles. The van der Waals surface area contributed by atoms with Crippen LogP contribution in [0.4, 0.5) is 0 Å². The highest BCUT2D eigenvalue weighted by molar-refractivity contribution is 5.86. The second-order valence-electron chi connectivity index (χ2n) is 5.51. The number of hydrogen-bond acceptors (Lipinski definition) is 4. The monoisotopic (exact) mass is 292 g/mol. The Bertz CT molecular complexity index is 444. The highest BCUT2D eigenvalue weighted by Crippen LogP contribution is 2.20. The maximum atomic E-state index is 12.4. The van der Waals surface area contributed by atoms with Crippen molar-refractivity contribution in [1.82, 2.24) is 4.90 Å². The van der Waals surface area contributed by atoms with E-state index in [1.165, 1.54) is 0 Å². The first-order chi connectivity index (χ1) is 10.1. The van der Waals surface area contributed by atoms with Crippen LogP contribution >= 0.6 is 0 Å². The number of nitrogens with two attached hydrogens (primary N) is 1. The molecule has 1 saturated heterocycles. The van der Waals surface area contributed by atoms with Crippen molar-refractivity contribution >= 4 is 5.91 Å². The molecule has 0 unspecified atom stereocenters. The molecule has 2 rings (SSSR count). The van der Waals surface area contributed by atoms with Gasteiger partial charge in [-0.3, -0.25) is 4.79 Å². The van der Waals surface area contributed by atoms with E-state index in [1.807, 2.05) is 30.3 Å². The van der Waals surface area contributed by atoms with Gasteiger partial charge in [0, 0.05) is 26.8 Å². The van der Waals surface area contributed by atoms with Crippen LogP contribution in [0.1, 0.15) is 19.3 Å². The van der Waals surface area contributed by atoms with E-state index in [-0.39, 0.29) is 5.91 Å². The van der Waals surface area contributed by atoms with Gasteiger partial charge in [0.2, 0.25) is 5.91 Å². The molecule has 1 amide bonds. The van der Waals surface area contributed by atoms with E-state index in [1.54, 1.807) is 11.9 Å². The van der Waals surface area contributed by atoms with E-state index < -0.39 is 5.54 Å². The molecule has 5 heteroatoms. The number of rotatable bonds is 6. The second-order valence-corrected chi connectivity index (χ2v) is 5.51. The van der Waals surface area contributed by atoms with E-state index in [9.17, 15) is 4.79 Å². The standard InChI is InChI=1S/C16H24N2O3/c1-18(15(19)16(17)8-12-20-13-9-16)10-5-11-21-14-6-3-2-4-7-14/h2-4,6-7H,5,8-13,17H2,1H3. The summed E-state index contributed by atoms with van der Waals surface area (Å²) in [6.07, 6.45) is 1.97. The van der Waals surface area contributed by atoms with Crippen LogP contribution in [0, 0.1) is 0 Å². The average molecular weight is 292 g/mol. The van der Waals surface area contributed by atoms with Gasteiger partial charge in [-0.15, -0.1) is 0 Å². The summed E-state index contributed by atoms with van der Waals surface area (Å²) in [5.41, 5.74) is 5.44. The summed E-state index contributed by atoms with van der Waals surface area (Å²) in [7, 11) is 1.80. The number of nitrogens with zero attached hydrogens (tertiary/aromatic N) is 1. The van der Waals surface area contributed by atoms with Crippen molar-refractivity contribution in [1.29, 1.82) is 0 Å². The first-order valence-electron chi connectivity index (χ1n) is 7.42. The lowest BCUT2D eigenvalue weighted by molar-refractivity contribution is -0.139. The molecule has 1 fully saturated rings. The highest BCUT2D eigenvalue weighted by Gasteiger charge is 2.37. The maximum absolute atomic E-state index is 12.4. The first-order valence-corrected chi connectivity index (χ1v) is 7.42. The molecule has 1 aromatic rings. The molecule has 1 heterocycles. The van der Waals surface area contributed by atoms with Crippen molar-refractivity contribution in [2.45, 2.75) is 24.8 Å². The molecule has 1 aromatic carbocycles. The van der Waals surface area contributed by atoms with E-state index in [2.05, 4.69) is 0 Å². The third kappa shape index (κ3) is 4.44. The second kappa shape index (κ2) is 7.43. The van der Waals surface area contributed by atoms with Gasteiger partial charge in [-0.2, -0.15) is 0 Å². The van der Waals surface area contributed by atoms with Crippen molar-refractivity contribution in [3.8, 4) is 5.75 Å². The first kappa shape index (κ1) is 15.8. The Balaban J connectivity index is 1.71. The Labute approximate surface area is 126 Å². The van der Waals surface area contributed by atoms with Crippen LogP contribution in [-0.4, -0.2) is 49.8 Å². The van der Waals surface area contributed by atoms with Crippen LogP contribution in [0.15, 0.2) is 30.3 Å². The van der Waals surface area contributed by atoms with E-state index in [0.29, 0.717) is 39.2 Å². The average Bonchev–Trinajstić information content (AvgIpc) is 2.52. The largest absolute Gasteiger partial charge is 0.494 e. The molecule has 116 valence electrons. The summed E-state index contributed by atoms with van der Waals surface area (Å²) in [6.45, 7) is 2.36. The van der Waals surface area contributed by atoms with Crippen molar-refractivity contribution in [2.24, 2.45) is 5.73 Å². The molecule has 1 aliphatic rings.